The Morgan fingerprint density at radius 2 is 1.61 bits per heavy atom. The second-order valence-electron chi connectivity index (χ2n) is 18.1. The quantitative estimate of drug-likeness (QED) is 0.103. The third-order valence-corrected chi connectivity index (χ3v) is 16.8. The summed E-state index contributed by atoms with van der Waals surface area (Å²) in [5, 5.41) is 15.8. The molecule has 1 aromatic rings. The van der Waals surface area contributed by atoms with Gasteiger partial charge in [0.1, 0.15) is 0 Å². The Kier molecular flexibility index (Phi) is 10.1. The van der Waals surface area contributed by atoms with Gasteiger partial charge in [0.05, 0.1) is 16.7 Å². The largest absolute Gasteiger partial charge is 0.478 e. The van der Waals surface area contributed by atoms with Gasteiger partial charge in [-0.1, -0.05) is 65.0 Å². The monoisotopic (exact) mass is 722 g/mol. The first kappa shape index (κ1) is 38.2. The molecule has 0 aliphatic heterocycles. The number of fused-ring (bicyclic) bond motifs is 7. The van der Waals surface area contributed by atoms with E-state index in [2.05, 4.69) is 64.8 Å². The van der Waals surface area contributed by atoms with Crippen molar-refractivity contribution < 1.29 is 27.7 Å². The molecule has 6 rings (SSSR count). The van der Waals surface area contributed by atoms with E-state index in [0.717, 1.165) is 50.5 Å². The van der Waals surface area contributed by atoms with Crippen LogP contribution in [0.5, 0.6) is 0 Å². The minimum absolute atomic E-state index is 0.0460. The minimum Gasteiger partial charge on any atom is -0.478 e. The van der Waals surface area contributed by atoms with Crippen LogP contribution in [0.25, 0.3) is 5.57 Å². The number of allylic oxidation sites excluding steroid dienone is 3. The van der Waals surface area contributed by atoms with Gasteiger partial charge in [-0.05, 0) is 146 Å². The van der Waals surface area contributed by atoms with E-state index in [9.17, 15) is 23.1 Å². The maximum atomic E-state index is 14.3. The van der Waals surface area contributed by atoms with Gasteiger partial charge in [-0.25, -0.2) is 4.79 Å². The average molecular weight is 723 g/mol. The summed E-state index contributed by atoms with van der Waals surface area (Å²) < 4.78 is 31.2. The van der Waals surface area contributed by atoms with Crippen molar-refractivity contribution in [2.24, 2.45) is 56.7 Å². The topological polar surface area (TPSA) is 133 Å². The molecule has 0 bridgehead atoms. The Balaban J connectivity index is 1.28. The van der Waals surface area contributed by atoms with E-state index in [4.69, 9.17) is 4.55 Å². The molecule has 0 saturated heterocycles. The lowest BCUT2D eigenvalue weighted by atomic mass is 9.32. The van der Waals surface area contributed by atoms with Gasteiger partial charge in [0.25, 0.3) is 10.1 Å². The Morgan fingerprint density at radius 1 is 0.902 bits per heavy atom. The van der Waals surface area contributed by atoms with Gasteiger partial charge < -0.3 is 15.7 Å². The second kappa shape index (κ2) is 13.4. The van der Waals surface area contributed by atoms with E-state index >= 15 is 0 Å². The first-order valence-corrected chi connectivity index (χ1v) is 21.1. The first-order chi connectivity index (χ1) is 23.9. The summed E-state index contributed by atoms with van der Waals surface area (Å²) in [6, 6.07) is 7.48. The highest BCUT2D eigenvalue weighted by Crippen LogP contribution is 2.78. The lowest BCUT2D eigenvalue weighted by Crippen LogP contribution is -2.66. The molecule has 4 N–H and O–H groups in total. The molecule has 9 atom stereocenters. The molecular weight excluding hydrogens is 661 g/mol. The molecule has 1 aromatic carbocycles. The van der Waals surface area contributed by atoms with E-state index in [1.807, 2.05) is 12.1 Å². The summed E-state index contributed by atoms with van der Waals surface area (Å²) >= 11 is 0. The molecule has 0 aromatic heterocycles. The normalized spacial score (nSPS) is 38.3. The molecule has 9 unspecified atom stereocenters. The van der Waals surface area contributed by atoms with Gasteiger partial charge in [0, 0.05) is 19.6 Å². The molecule has 5 aliphatic rings. The van der Waals surface area contributed by atoms with Crippen molar-refractivity contribution in [2.75, 3.05) is 25.4 Å². The number of carbonyl (C=O) groups excluding carboxylic acids is 1. The number of benzene rings is 1. The van der Waals surface area contributed by atoms with E-state index in [1.165, 1.54) is 30.4 Å². The Hall–Kier alpha value is -2.49. The number of nitrogens with one attached hydrogen (secondary N) is 2. The van der Waals surface area contributed by atoms with Crippen molar-refractivity contribution in [3.63, 3.8) is 0 Å². The van der Waals surface area contributed by atoms with Crippen molar-refractivity contribution in [3.05, 3.63) is 53.6 Å². The Labute approximate surface area is 306 Å². The highest BCUT2D eigenvalue weighted by Gasteiger charge is 2.72. The van der Waals surface area contributed by atoms with Crippen LogP contribution in [0.4, 0.5) is 0 Å². The van der Waals surface area contributed by atoms with Crippen LogP contribution in [-0.2, 0) is 14.9 Å². The van der Waals surface area contributed by atoms with Gasteiger partial charge in [-0.15, -0.1) is 0 Å². The molecule has 0 radical (unpaired) electrons. The van der Waals surface area contributed by atoms with Crippen molar-refractivity contribution in [2.45, 2.75) is 106 Å². The van der Waals surface area contributed by atoms with Crippen LogP contribution in [0.1, 0.15) is 122 Å². The molecule has 1 amide bonds. The predicted molar refractivity (Wildman–Crippen MR) is 203 cm³/mol. The zero-order valence-corrected chi connectivity index (χ0v) is 32.6. The maximum absolute atomic E-state index is 14.3. The molecule has 4 saturated carbocycles. The number of carbonyl (C=O) groups is 2. The van der Waals surface area contributed by atoms with Crippen molar-refractivity contribution in [3.8, 4) is 0 Å². The average Bonchev–Trinajstić information content (AvgIpc) is 3.47. The number of aromatic carboxylic acids is 1. The summed E-state index contributed by atoms with van der Waals surface area (Å²) in [4.78, 5) is 25.9. The summed E-state index contributed by atoms with van der Waals surface area (Å²) in [6.07, 6.45) is 13.2. The smallest absolute Gasteiger partial charge is 0.335 e. The third kappa shape index (κ3) is 6.05. The van der Waals surface area contributed by atoms with E-state index in [1.54, 1.807) is 12.1 Å². The third-order valence-electron chi connectivity index (χ3n) is 16.1. The van der Waals surface area contributed by atoms with Gasteiger partial charge in [-0.2, -0.15) is 8.42 Å². The fourth-order valence-corrected chi connectivity index (χ4v) is 13.9. The van der Waals surface area contributed by atoms with Gasteiger partial charge in [0.15, 0.2) is 0 Å². The fourth-order valence-electron chi connectivity index (χ4n) is 13.5. The van der Waals surface area contributed by atoms with Gasteiger partial charge in [0.2, 0.25) is 5.91 Å². The van der Waals surface area contributed by atoms with Crippen LogP contribution < -0.4 is 10.6 Å². The molecule has 0 heterocycles. The van der Waals surface area contributed by atoms with Gasteiger partial charge >= 0.3 is 5.97 Å². The molecule has 9 heteroatoms. The lowest BCUT2D eigenvalue weighted by Gasteiger charge is -2.73. The predicted octanol–water partition coefficient (Wildman–Crippen LogP) is 8.02. The number of hydrogen-bond acceptors (Lipinski definition) is 5. The van der Waals surface area contributed by atoms with E-state index in [-0.39, 0.29) is 45.8 Å². The summed E-state index contributed by atoms with van der Waals surface area (Å²) in [7, 11) is -4.02. The zero-order valence-electron chi connectivity index (χ0n) is 31.8. The number of amides is 1. The minimum atomic E-state index is -4.02. The summed E-state index contributed by atoms with van der Waals surface area (Å²) in [6.45, 7) is 20.2. The fraction of sp³-hybridized carbons (Fsp3) is 0.714. The summed E-state index contributed by atoms with van der Waals surface area (Å²) in [5.41, 5.74) is 4.01. The zero-order chi connectivity index (χ0) is 37.2. The number of rotatable bonds is 11. The van der Waals surface area contributed by atoms with Crippen LogP contribution in [0.2, 0.25) is 0 Å². The van der Waals surface area contributed by atoms with Crippen LogP contribution in [0.3, 0.4) is 0 Å². The number of carboxylic acids is 1. The molecule has 5 aliphatic carbocycles. The standard InChI is InChI=1S/C42H62N2O6S/c1-8-41-20-16-31(28-9-11-29(12-10-28)36(45)46)38(4,5)33(41)17-18-40(7)34(41)14-13-32-35-30(27(2)3)15-19-42(35,22-21-39(32,40)6)37(47)44-24-23-43-25-26-51(48,49)50/h9-12,16,30,32-35,43H,2,8,13-15,17-26H2,1,3-7H3,(H,44,47)(H,45,46)(H,48,49,50). The van der Waals surface area contributed by atoms with Crippen molar-refractivity contribution in [1.82, 2.24) is 10.6 Å². The number of hydrogen-bond donors (Lipinski definition) is 4. The maximum Gasteiger partial charge on any atom is 0.335 e. The van der Waals surface area contributed by atoms with Gasteiger partial charge in [-0.3, -0.25) is 9.35 Å². The Bertz CT molecular complexity index is 1680. The first-order valence-electron chi connectivity index (χ1n) is 19.5. The second-order valence-corrected chi connectivity index (χ2v) is 19.7. The number of carboxylic acid groups (broad SMARTS) is 1. The molecule has 282 valence electrons. The highest BCUT2D eigenvalue weighted by molar-refractivity contribution is 7.85. The molecule has 4 fully saturated rings. The van der Waals surface area contributed by atoms with Crippen molar-refractivity contribution in [1.29, 1.82) is 0 Å². The molecular formula is C42H62N2O6S. The van der Waals surface area contributed by atoms with Crippen molar-refractivity contribution >= 4 is 27.6 Å². The summed E-state index contributed by atoms with van der Waals surface area (Å²) in [5.74, 6) is 1.06. The molecule has 51 heavy (non-hydrogen) atoms. The van der Waals surface area contributed by atoms with Crippen LogP contribution in [-0.4, -0.2) is 55.3 Å². The van der Waals surface area contributed by atoms with E-state index in [0.29, 0.717) is 42.3 Å². The SMILES string of the molecule is C=C(C)C1CCC2(C(=O)NCCNCCS(=O)(=O)O)CCC3(C)C(CCC4C5(CC)CC=C(c6ccc(C(=O)O)cc6)C(C)(C)C5CCC43C)C12. The van der Waals surface area contributed by atoms with Crippen LogP contribution in [0.15, 0.2) is 42.5 Å². The Morgan fingerprint density at radius 3 is 2.24 bits per heavy atom. The molecule has 8 nitrogen and oxygen atoms in total. The highest BCUT2D eigenvalue weighted by atomic mass is 32.2. The molecule has 0 spiro atoms. The lowest BCUT2D eigenvalue weighted by molar-refractivity contribution is -0.229. The van der Waals surface area contributed by atoms with Crippen LogP contribution in [0, 0.1) is 56.7 Å². The van der Waals surface area contributed by atoms with E-state index < -0.39 is 21.5 Å². The van der Waals surface area contributed by atoms with Crippen LogP contribution >= 0.6 is 0 Å².